The molecule has 1 rings (SSSR count). The van der Waals surface area contributed by atoms with E-state index < -0.39 is 5.97 Å². The van der Waals surface area contributed by atoms with Gasteiger partial charge in [0.1, 0.15) is 0 Å². The van der Waals surface area contributed by atoms with E-state index in [9.17, 15) is 4.79 Å². The number of carbonyl (C=O) groups is 1. The Morgan fingerprint density at radius 1 is 1.25 bits per heavy atom. The van der Waals surface area contributed by atoms with Gasteiger partial charge in [-0.25, -0.2) is 0 Å². The van der Waals surface area contributed by atoms with Crippen LogP contribution < -0.4 is 0 Å². The SMILES string of the molecule is CCCC(CCC(C)C(=O)O)C1CCCC1. The average Bonchev–Trinajstić information content (AvgIpc) is 2.76. The number of carboxylic acid groups (broad SMARTS) is 1. The highest BCUT2D eigenvalue weighted by Gasteiger charge is 2.25. The minimum Gasteiger partial charge on any atom is -0.481 e. The van der Waals surface area contributed by atoms with Crippen LogP contribution in [0, 0.1) is 17.8 Å². The molecule has 0 aromatic rings. The third-order valence-corrected chi connectivity index (χ3v) is 4.12. The number of hydrogen-bond acceptors (Lipinski definition) is 1. The van der Waals surface area contributed by atoms with E-state index in [1.54, 1.807) is 0 Å². The molecule has 0 aromatic heterocycles. The molecule has 1 aliphatic carbocycles. The predicted octanol–water partition coefficient (Wildman–Crippen LogP) is 4.09. The van der Waals surface area contributed by atoms with E-state index in [1.807, 2.05) is 6.92 Å². The van der Waals surface area contributed by atoms with E-state index >= 15 is 0 Å². The normalized spacial score (nSPS) is 20.9. The van der Waals surface area contributed by atoms with Crippen molar-refractivity contribution < 1.29 is 9.90 Å². The van der Waals surface area contributed by atoms with Crippen molar-refractivity contribution in [3.63, 3.8) is 0 Å². The molecule has 0 amide bonds. The third-order valence-electron chi connectivity index (χ3n) is 4.12. The zero-order valence-corrected chi connectivity index (χ0v) is 10.7. The molecule has 1 saturated carbocycles. The fraction of sp³-hybridized carbons (Fsp3) is 0.929. The van der Waals surface area contributed by atoms with E-state index in [2.05, 4.69) is 6.92 Å². The van der Waals surface area contributed by atoms with E-state index in [1.165, 1.54) is 38.5 Å². The van der Waals surface area contributed by atoms with Crippen molar-refractivity contribution in [2.45, 2.75) is 65.2 Å². The van der Waals surface area contributed by atoms with E-state index in [0.717, 1.165) is 24.7 Å². The van der Waals surface area contributed by atoms with Crippen LogP contribution in [-0.2, 0) is 4.79 Å². The fourth-order valence-corrected chi connectivity index (χ4v) is 3.00. The summed E-state index contributed by atoms with van der Waals surface area (Å²) in [4.78, 5) is 10.8. The summed E-state index contributed by atoms with van der Waals surface area (Å²) in [6.45, 7) is 4.07. The summed E-state index contributed by atoms with van der Waals surface area (Å²) < 4.78 is 0. The maximum atomic E-state index is 10.8. The standard InChI is InChI=1S/C14H26O2/c1-3-6-12(13-7-4-5-8-13)10-9-11(2)14(15)16/h11-13H,3-10H2,1-2H3,(H,15,16). The topological polar surface area (TPSA) is 37.3 Å². The second kappa shape index (κ2) is 6.93. The molecule has 0 spiro atoms. The van der Waals surface area contributed by atoms with Crippen molar-refractivity contribution in [1.29, 1.82) is 0 Å². The molecule has 0 bridgehead atoms. The van der Waals surface area contributed by atoms with Gasteiger partial charge in [0, 0.05) is 0 Å². The molecule has 1 aliphatic rings. The summed E-state index contributed by atoms with van der Waals surface area (Å²) in [5.41, 5.74) is 0. The maximum Gasteiger partial charge on any atom is 0.306 e. The van der Waals surface area contributed by atoms with Crippen LogP contribution in [0.4, 0.5) is 0 Å². The minimum absolute atomic E-state index is 0.166. The molecular formula is C14H26O2. The van der Waals surface area contributed by atoms with Gasteiger partial charge in [0.15, 0.2) is 0 Å². The predicted molar refractivity (Wildman–Crippen MR) is 66.4 cm³/mol. The Morgan fingerprint density at radius 2 is 1.88 bits per heavy atom. The zero-order valence-electron chi connectivity index (χ0n) is 10.7. The van der Waals surface area contributed by atoms with Crippen LogP contribution in [0.1, 0.15) is 65.2 Å². The Bertz CT molecular complexity index is 207. The summed E-state index contributed by atoms with van der Waals surface area (Å²) in [7, 11) is 0. The summed E-state index contributed by atoms with van der Waals surface area (Å²) in [5, 5.41) is 8.89. The first-order chi connectivity index (χ1) is 7.65. The van der Waals surface area contributed by atoms with Gasteiger partial charge in [0.25, 0.3) is 0 Å². The van der Waals surface area contributed by atoms with Gasteiger partial charge < -0.3 is 5.11 Å². The lowest BCUT2D eigenvalue weighted by molar-refractivity contribution is -0.141. The molecule has 2 heteroatoms. The second-order valence-corrected chi connectivity index (χ2v) is 5.41. The molecule has 0 aliphatic heterocycles. The second-order valence-electron chi connectivity index (χ2n) is 5.41. The molecule has 1 fully saturated rings. The Balaban J connectivity index is 2.35. The summed E-state index contributed by atoms with van der Waals surface area (Å²) in [6, 6.07) is 0. The molecule has 2 unspecified atom stereocenters. The van der Waals surface area contributed by atoms with Gasteiger partial charge >= 0.3 is 5.97 Å². The van der Waals surface area contributed by atoms with Gasteiger partial charge in [0.2, 0.25) is 0 Å². The van der Waals surface area contributed by atoms with Crippen molar-refractivity contribution in [2.24, 2.45) is 17.8 Å². The lowest BCUT2D eigenvalue weighted by Crippen LogP contribution is -2.16. The first-order valence-corrected chi connectivity index (χ1v) is 6.88. The quantitative estimate of drug-likeness (QED) is 0.709. The lowest BCUT2D eigenvalue weighted by Gasteiger charge is -2.23. The van der Waals surface area contributed by atoms with E-state index in [0.29, 0.717) is 0 Å². The smallest absolute Gasteiger partial charge is 0.306 e. The van der Waals surface area contributed by atoms with Gasteiger partial charge in [0.05, 0.1) is 5.92 Å². The number of hydrogen-bond donors (Lipinski definition) is 1. The van der Waals surface area contributed by atoms with Crippen LogP contribution in [0.3, 0.4) is 0 Å². The highest BCUT2D eigenvalue weighted by atomic mass is 16.4. The first-order valence-electron chi connectivity index (χ1n) is 6.88. The van der Waals surface area contributed by atoms with Crippen molar-refractivity contribution in [1.82, 2.24) is 0 Å². The van der Waals surface area contributed by atoms with E-state index in [-0.39, 0.29) is 5.92 Å². The largest absolute Gasteiger partial charge is 0.481 e. The van der Waals surface area contributed by atoms with Gasteiger partial charge in [-0.15, -0.1) is 0 Å². The molecule has 0 radical (unpaired) electrons. The average molecular weight is 226 g/mol. The molecule has 2 atom stereocenters. The van der Waals surface area contributed by atoms with Crippen LogP contribution in [-0.4, -0.2) is 11.1 Å². The van der Waals surface area contributed by atoms with Crippen molar-refractivity contribution in [3.8, 4) is 0 Å². The Labute approximate surface area is 99.4 Å². The first kappa shape index (κ1) is 13.5. The lowest BCUT2D eigenvalue weighted by atomic mass is 9.82. The summed E-state index contributed by atoms with van der Waals surface area (Å²) in [5.74, 6) is 0.873. The molecule has 0 heterocycles. The van der Waals surface area contributed by atoms with Crippen LogP contribution in [0.2, 0.25) is 0 Å². The molecule has 0 aromatic carbocycles. The maximum absolute atomic E-state index is 10.8. The van der Waals surface area contributed by atoms with Crippen molar-refractivity contribution >= 4 is 5.97 Å². The Morgan fingerprint density at radius 3 is 2.38 bits per heavy atom. The molecule has 94 valence electrons. The van der Waals surface area contributed by atoms with Crippen LogP contribution in [0.15, 0.2) is 0 Å². The van der Waals surface area contributed by atoms with Crippen molar-refractivity contribution in [3.05, 3.63) is 0 Å². The number of carboxylic acids is 1. The number of rotatable bonds is 7. The monoisotopic (exact) mass is 226 g/mol. The van der Waals surface area contributed by atoms with E-state index in [4.69, 9.17) is 5.11 Å². The van der Waals surface area contributed by atoms with Crippen LogP contribution in [0.5, 0.6) is 0 Å². The van der Waals surface area contributed by atoms with Gasteiger partial charge in [-0.05, 0) is 24.7 Å². The minimum atomic E-state index is -0.637. The molecule has 0 saturated heterocycles. The summed E-state index contributed by atoms with van der Waals surface area (Å²) >= 11 is 0. The zero-order chi connectivity index (χ0) is 12.0. The van der Waals surface area contributed by atoms with Gasteiger partial charge in [-0.3, -0.25) is 4.79 Å². The van der Waals surface area contributed by atoms with Gasteiger partial charge in [-0.2, -0.15) is 0 Å². The van der Waals surface area contributed by atoms with Crippen LogP contribution in [0.25, 0.3) is 0 Å². The Kier molecular flexibility index (Phi) is 5.86. The van der Waals surface area contributed by atoms with Gasteiger partial charge in [-0.1, -0.05) is 52.4 Å². The molecule has 16 heavy (non-hydrogen) atoms. The third kappa shape index (κ3) is 4.15. The highest BCUT2D eigenvalue weighted by molar-refractivity contribution is 5.69. The van der Waals surface area contributed by atoms with Crippen LogP contribution >= 0.6 is 0 Å². The molecular weight excluding hydrogens is 200 g/mol. The Hall–Kier alpha value is -0.530. The fourth-order valence-electron chi connectivity index (χ4n) is 3.00. The summed E-state index contributed by atoms with van der Waals surface area (Å²) in [6.07, 6.45) is 10.0. The number of aliphatic carboxylic acids is 1. The molecule has 1 N–H and O–H groups in total. The van der Waals surface area contributed by atoms with Crippen molar-refractivity contribution in [2.75, 3.05) is 0 Å². The highest BCUT2D eigenvalue weighted by Crippen LogP contribution is 2.36. The molecule has 2 nitrogen and oxygen atoms in total.